The lowest BCUT2D eigenvalue weighted by Gasteiger charge is -2.22. The van der Waals surface area contributed by atoms with E-state index in [9.17, 15) is 4.79 Å². The van der Waals surface area contributed by atoms with Gasteiger partial charge in [0, 0.05) is 23.1 Å². The van der Waals surface area contributed by atoms with Gasteiger partial charge in [0.05, 0.1) is 11.2 Å². The normalized spacial score (nSPS) is 14.8. The Bertz CT molecular complexity index is 960. The largest absolute Gasteiger partial charge is 0.483 e. The van der Waals surface area contributed by atoms with E-state index in [1.54, 1.807) is 0 Å². The van der Waals surface area contributed by atoms with E-state index in [1.807, 2.05) is 30.3 Å². The highest BCUT2D eigenvalue weighted by Crippen LogP contribution is 2.30. The maximum absolute atomic E-state index is 12.4. The third-order valence-corrected chi connectivity index (χ3v) is 5.35. The molecule has 4 nitrogen and oxygen atoms in total. The molecule has 28 heavy (non-hydrogen) atoms. The smallest absolute Gasteiger partial charge is 0.258 e. The third-order valence-electron chi connectivity index (χ3n) is 5.35. The Balaban J connectivity index is 1.55. The predicted molar refractivity (Wildman–Crippen MR) is 112 cm³/mol. The van der Waals surface area contributed by atoms with Gasteiger partial charge >= 0.3 is 0 Å². The van der Waals surface area contributed by atoms with Crippen molar-refractivity contribution in [3.05, 3.63) is 60.2 Å². The summed E-state index contributed by atoms with van der Waals surface area (Å²) in [6, 6.07) is 18.4. The van der Waals surface area contributed by atoms with Crippen LogP contribution in [0.25, 0.3) is 22.2 Å². The summed E-state index contributed by atoms with van der Waals surface area (Å²) in [5, 5.41) is 4.03. The zero-order valence-corrected chi connectivity index (χ0v) is 16.3. The molecule has 1 aliphatic rings. The van der Waals surface area contributed by atoms with Crippen LogP contribution < -0.4 is 10.1 Å². The molecule has 4 heteroatoms. The average Bonchev–Trinajstić information content (AvgIpc) is 2.73. The first-order chi connectivity index (χ1) is 13.7. The molecule has 1 N–H and O–H groups in total. The average molecular weight is 374 g/mol. The molecule has 144 valence electrons. The van der Waals surface area contributed by atoms with Crippen molar-refractivity contribution in [2.24, 2.45) is 0 Å². The predicted octanol–water partition coefficient (Wildman–Crippen LogP) is 5.04. The van der Waals surface area contributed by atoms with E-state index in [1.165, 1.54) is 24.8 Å². The van der Waals surface area contributed by atoms with Gasteiger partial charge in [-0.2, -0.15) is 0 Å². The Morgan fingerprint density at radius 1 is 1.07 bits per heavy atom. The topological polar surface area (TPSA) is 51.2 Å². The number of amides is 1. The molecule has 1 heterocycles. The minimum absolute atomic E-state index is 0.0256. The highest BCUT2D eigenvalue weighted by atomic mass is 16.5. The monoisotopic (exact) mass is 374 g/mol. The molecule has 3 aromatic rings. The van der Waals surface area contributed by atoms with E-state index in [2.05, 4.69) is 36.5 Å². The number of hydrogen-bond donors (Lipinski definition) is 1. The molecule has 0 spiro atoms. The van der Waals surface area contributed by atoms with Gasteiger partial charge in [0.2, 0.25) is 0 Å². The van der Waals surface area contributed by atoms with Crippen LogP contribution in [-0.4, -0.2) is 23.5 Å². The second kappa shape index (κ2) is 8.42. The van der Waals surface area contributed by atoms with Gasteiger partial charge in [0.15, 0.2) is 6.61 Å². The Labute approximate surface area is 165 Å². The number of benzene rings is 2. The molecule has 1 saturated carbocycles. The van der Waals surface area contributed by atoms with Crippen LogP contribution in [0.4, 0.5) is 0 Å². The second-order valence-electron chi connectivity index (χ2n) is 7.58. The molecule has 0 saturated heterocycles. The number of ether oxygens (including phenoxy) is 1. The highest BCUT2D eigenvalue weighted by molar-refractivity contribution is 5.88. The number of fused-ring (bicyclic) bond motifs is 1. The van der Waals surface area contributed by atoms with Gasteiger partial charge in [0.25, 0.3) is 5.91 Å². The maximum atomic E-state index is 12.4. The summed E-state index contributed by atoms with van der Waals surface area (Å²) < 4.78 is 5.96. The van der Waals surface area contributed by atoms with Gasteiger partial charge in [-0.25, -0.2) is 4.98 Å². The first-order valence-electron chi connectivity index (χ1n) is 10.1. The summed E-state index contributed by atoms with van der Waals surface area (Å²) in [5.74, 6) is 0.643. The van der Waals surface area contributed by atoms with Crippen LogP contribution in [0, 0.1) is 6.92 Å². The summed E-state index contributed by atoms with van der Waals surface area (Å²) in [6.07, 6.45) is 5.80. The van der Waals surface area contributed by atoms with Crippen molar-refractivity contribution in [3.8, 4) is 17.0 Å². The number of carbonyl (C=O) groups excluding carboxylic acids is 1. The van der Waals surface area contributed by atoms with Crippen molar-refractivity contribution in [1.29, 1.82) is 0 Å². The van der Waals surface area contributed by atoms with E-state index >= 15 is 0 Å². The fourth-order valence-electron chi connectivity index (χ4n) is 3.79. The number of carbonyl (C=O) groups is 1. The van der Waals surface area contributed by atoms with Crippen molar-refractivity contribution in [2.45, 2.75) is 45.1 Å². The minimum Gasteiger partial charge on any atom is -0.483 e. The molecule has 1 amide bonds. The van der Waals surface area contributed by atoms with Crippen LogP contribution in [0.3, 0.4) is 0 Å². The van der Waals surface area contributed by atoms with E-state index in [4.69, 9.17) is 9.72 Å². The molecular weight excluding hydrogens is 348 g/mol. The van der Waals surface area contributed by atoms with Gasteiger partial charge < -0.3 is 10.1 Å². The Kier molecular flexibility index (Phi) is 5.56. The maximum Gasteiger partial charge on any atom is 0.258 e. The number of nitrogens with one attached hydrogen (secondary N) is 1. The van der Waals surface area contributed by atoms with Gasteiger partial charge in [-0.05, 0) is 31.9 Å². The summed E-state index contributed by atoms with van der Waals surface area (Å²) in [7, 11) is 0. The molecular formula is C24H26N2O2. The second-order valence-corrected chi connectivity index (χ2v) is 7.58. The van der Waals surface area contributed by atoms with Crippen LogP contribution in [0.2, 0.25) is 0 Å². The highest BCUT2D eigenvalue weighted by Gasteiger charge is 2.16. The lowest BCUT2D eigenvalue weighted by atomic mass is 9.95. The number of nitrogens with zero attached hydrogens (tertiary/aromatic N) is 1. The summed E-state index contributed by atoms with van der Waals surface area (Å²) in [5.41, 5.74) is 3.96. The molecule has 0 bridgehead atoms. The Morgan fingerprint density at radius 3 is 2.61 bits per heavy atom. The zero-order valence-electron chi connectivity index (χ0n) is 16.3. The summed E-state index contributed by atoms with van der Waals surface area (Å²) in [6.45, 7) is 2.09. The molecule has 0 aliphatic heterocycles. The number of hydrogen-bond acceptors (Lipinski definition) is 3. The van der Waals surface area contributed by atoms with Gasteiger partial charge in [-0.1, -0.05) is 61.2 Å². The number of pyridine rings is 1. The molecule has 0 unspecified atom stereocenters. The van der Waals surface area contributed by atoms with Crippen LogP contribution in [-0.2, 0) is 4.79 Å². The fourth-order valence-corrected chi connectivity index (χ4v) is 3.79. The van der Waals surface area contributed by atoms with Gasteiger partial charge in [0.1, 0.15) is 5.75 Å². The van der Waals surface area contributed by atoms with Crippen molar-refractivity contribution < 1.29 is 9.53 Å². The number of rotatable bonds is 5. The van der Waals surface area contributed by atoms with E-state index in [-0.39, 0.29) is 12.5 Å². The van der Waals surface area contributed by atoms with Crippen LogP contribution >= 0.6 is 0 Å². The number of aryl methyl sites for hydroxylation is 1. The summed E-state index contributed by atoms with van der Waals surface area (Å²) >= 11 is 0. The van der Waals surface area contributed by atoms with Gasteiger partial charge in [-0.15, -0.1) is 0 Å². The quantitative estimate of drug-likeness (QED) is 0.681. The minimum atomic E-state index is -0.0512. The summed E-state index contributed by atoms with van der Waals surface area (Å²) in [4.78, 5) is 17.1. The van der Waals surface area contributed by atoms with Crippen molar-refractivity contribution in [2.75, 3.05) is 6.61 Å². The lowest BCUT2D eigenvalue weighted by Crippen LogP contribution is -2.39. The Morgan fingerprint density at radius 2 is 1.82 bits per heavy atom. The van der Waals surface area contributed by atoms with Crippen LogP contribution in [0.15, 0.2) is 54.6 Å². The van der Waals surface area contributed by atoms with E-state index in [0.29, 0.717) is 11.8 Å². The Hall–Kier alpha value is -2.88. The molecule has 1 aromatic heterocycles. The van der Waals surface area contributed by atoms with Crippen LogP contribution in [0.1, 0.15) is 37.7 Å². The van der Waals surface area contributed by atoms with E-state index < -0.39 is 0 Å². The zero-order chi connectivity index (χ0) is 19.3. The van der Waals surface area contributed by atoms with E-state index in [0.717, 1.165) is 35.0 Å². The van der Waals surface area contributed by atoms with Crippen molar-refractivity contribution in [3.63, 3.8) is 0 Å². The molecule has 1 fully saturated rings. The number of aromatic nitrogens is 1. The molecule has 1 aliphatic carbocycles. The molecule has 4 rings (SSSR count). The van der Waals surface area contributed by atoms with Crippen LogP contribution in [0.5, 0.6) is 5.75 Å². The van der Waals surface area contributed by atoms with Gasteiger partial charge in [-0.3, -0.25) is 4.79 Å². The first kappa shape index (κ1) is 18.5. The van der Waals surface area contributed by atoms with Crippen molar-refractivity contribution >= 4 is 16.8 Å². The number of para-hydroxylation sites is 1. The molecule has 0 radical (unpaired) electrons. The third kappa shape index (κ3) is 4.33. The first-order valence-corrected chi connectivity index (χ1v) is 10.1. The fraction of sp³-hybridized carbons (Fsp3) is 0.333. The lowest BCUT2D eigenvalue weighted by molar-refractivity contribution is -0.124. The SMILES string of the molecule is Cc1ccc(-c2cc(OCC(=O)NC3CCCCC3)c3ccccc3n2)cc1. The standard InChI is InChI=1S/C24H26N2O2/c1-17-11-13-18(14-12-17)22-15-23(20-9-5-6-10-21(20)26-22)28-16-24(27)25-19-7-3-2-4-8-19/h5-6,9-15,19H,2-4,7-8,16H2,1H3,(H,25,27). The molecule has 2 aromatic carbocycles. The molecule has 0 atom stereocenters. The van der Waals surface area contributed by atoms with Crippen molar-refractivity contribution in [1.82, 2.24) is 10.3 Å².